The summed E-state index contributed by atoms with van der Waals surface area (Å²) in [5.74, 6) is -0.927. The van der Waals surface area contributed by atoms with Gasteiger partial charge < -0.3 is 9.67 Å². The molecule has 0 saturated heterocycles. The number of aliphatic carboxylic acids is 1. The van der Waals surface area contributed by atoms with Gasteiger partial charge in [0.1, 0.15) is 6.54 Å². The van der Waals surface area contributed by atoms with Crippen molar-refractivity contribution in [3.8, 4) is 0 Å². The predicted molar refractivity (Wildman–Crippen MR) is 112 cm³/mol. The van der Waals surface area contributed by atoms with Crippen molar-refractivity contribution in [2.75, 3.05) is 0 Å². The minimum atomic E-state index is -0.927. The van der Waals surface area contributed by atoms with E-state index in [9.17, 15) is 14.7 Å². The fraction of sp³-hybridized carbons (Fsp3) is 0.167. The average molecular weight is 371 g/mol. The van der Waals surface area contributed by atoms with Crippen LogP contribution in [0, 0.1) is 6.92 Å². The summed E-state index contributed by atoms with van der Waals surface area (Å²) >= 11 is 0. The number of rotatable bonds is 5. The lowest BCUT2D eigenvalue weighted by atomic mass is 9.96. The van der Waals surface area contributed by atoms with E-state index in [0.717, 1.165) is 29.5 Å². The Bertz CT molecular complexity index is 1240. The second-order valence-electron chi connectivity index (χ2n) is 7.06. The van der Waals surface area contributed by atoms with Gasteiger partial charge in [0.25, 0.3) is 0 Å². The van der Waals surface area contributed by atoms with E-state index in [-0.39, 0.29) is 12.0 Å². The van der Waals surface area contributed by atoms with Gasteiger partial charge in [-0.1, -0.05) is 48.5 Å². The highest BCUT2D eigenvalue weighted by molar-refractivity contribution is 5.96. The van der Waals surface area contributed by atoms with Gasteiger partial charge in [-0.05, 0) is 54.7 Å². The van der Waals surface area contributed by atoms with Crippen molar-refractivity contribution in [2.45, 2.75) is 26.3 Å². The largest absolute Gasteiger partial charge is 0.480 e. The molecule has 0 aliphatic heterocycles. The smallest absolute Gasteiger partial charge is 0.323 e. The monoisotopic (exact) mass is 371 g/mol. The molecule has 0 spiro atoms. The number of carbonyl (C=O) groups is 1. The first-order chi connectivity index (χ1) is 13.6. The molecular weight excluding hydrogens is 350 g/mol. The van der Waals surface area contributed by atoms with E-state index in [4.69, 9.17) is 0 Å². The molecule has 0 unspecified atom stereocenters. The average Bonchev–Trinajstić information content (AvgIpc) is 2.71. The zero-order chi connectivity index (χ0) is 19.7. The van der Waals surface area contributed by atoms with Crippen LogP contribution in [0.3, 0.4) is 0 Å². The van der Waals surface area contributed by atoms with E-state index >= 15 is 0 Å². The summed E-state index contributed by atoms with van der Waals surface area (Å²) in [7, 11) is 0. The van der Waals surface area contributed by atoms with Crippen LogP contribution in [0.1, 0.15) is 16.7 Å². The van der Waals surface area contributed by atoms with Crippen LogP contribution >= 0.6 is 0 Å². The fourth-order valence-corrected chi connectivity index (χ4v) is 3.93. The van der Waals surface area contributed by atoms with Crippen LogP contribution in [0.5, 0.6) is 0 Å². The highest BCUT2D eigenvalue weighted by Crippen LogP contribution is 2.25. The lowest BCUT2D eigenvalue weighted by Crippen LogP contribution is -2.17. The summed E-state index contributed by atoms with van der Waals surface area (Å²) in [4.78, 5) is 24.6. The molecule has 0 bridgehead atoms. The molecule has 0 radical (unpaired) electrons. The molecule has 0 amide bonds. The van der Waals surface area contributed by atoms with Crippen LogP contribution in [-0.2, 0) is 24.2 Å². The molecule has 28 heavy (non-hydrogen) atoms. The Hall–Kier alpha value is -3.40. The molecule has 1 N–H and O–H groups in total. The maximum absolute atomic E-state index is 13.0. The van der Waals surface area contributed by atoms with E-state index in [0.29, 0.717) is 16.3 Å². The number of fused-ring (bicyclic) bond motifs is 2. The maximum atomic E-state index is 13.0. The Morgan fingerprint density at radius 1 is 0.893 bits per heavy atom. The van der Waals surface area contributed by atoms with E-state index < -0.39 is 5.97 Å². The number of carboxylic acid groups (broad SMARTS) is 1. The van der Waals surface area contributed by atoms with Crippen LogP contribution in [0.2, 0.25) is 0 Å². The molecule has 1 aromatic heterocycles. The van der Waals surface area contributed by atoms with Crippen molar-refractivity contribution in [1.29, 1.82) is 0 Å². The molecule has 0 aliphatic rings. The third kappa shape index (κ3) is 3.18. The molecule has 4 rings (SSSR count). The minimum Gasteiger partial charge on any atom is -0.480 e. The number of para-hydroxylation sites is 1. The van der Waals surface area contributed by atoms with Gasteiger partial charge in [0, 0.05) is 10.8 Å². The first-order valence-corrected chi connectivity index (χ1v) is 9.35. The number of benzene rings is 3. The quantitative estimate of drug-likeness (QED) is 0.531. The van der Waals surface area contributed by atoms with Gasteiger partial charge in [0.15, 0.2) is 5.43 Å². The normalized spacial score (nSPS) is 11.2. The van der Waals surface area contributed by atoms with E-state index in [2.05, 4.69) is 12.1 Å². The first kappa shape index (κ1) is 18.0. The molecule has 0 fully saturated rings. The van der Waals surface area contributed by atoms with Crippen LogP contribution in [0.25, 0.3) is 21.8 Å². The van der Waals surface area contributed by atoms with Gasteiger partial charge in [-0.15, -0.1) is 0 Å². The van der Waals surface area contributed by atoms with Gasteiger partial charge in [-0.25, -0.2) is 0 Å². The number of aromatic nitrogens is 1. The van der Waals surface area contributed by atoms with Crippen molar-refractivity contribution in [1.82, 2.24) is 4.57 Å². The second kappa shape index (κ2) is 7.31. The van der Waals surface area contributed by atoms with Crippen molar-refractivity contribution in [3.05, 3.63) is 93.6 Å². The number of carboxylic acids is 1. The van der Waals surface area contributed by atoms with Crippen molar-refractivity contribution < 1.29 is 9.90 Å². The van der Waals surface area contributed by atoms with Gasteiger partial charge in [0.2, 0.25) is 0 Å². The number of hydrogen-bond acceptors (Lipinski definition) is 2. The Morgan fingerprint density at radius 2 is 1.61 bits per heavy atom. The lowest BCUT2D eigenvalue weighted by Gasteiger charge is -2.17. The summed E-state index contributed by atoms with van der Waals surface area (Å²) in [6, 6.07) is 21.3. The van der Waals surface area contributed by atoms with Crippen LogP contribution in [0.4, 0.5) is 0 Å². The molecular formula is C24H21NO3. The number of nitrogens with zero attached hydrogens (tertiary/aromatic N) is 1. The van der Waals surface area contributed by atoms with Gasteiger partial charge >= 0.3 is 5.97 Å². The summed E-state index contributed by atoms with van der Waals surface area (Å²) in [6.07, 6.45) is 1.73. The Balaban J connectivity index is 1.91. The topological polar surface area (TPSA) is 59.3 Å². The Labute approximate surface area is 162 Å². The maximum Gasteiger partial charge on any atom is 0.323 e. The van der Waals surface area contributed by atoms with Gasteiger partial charge in [0.05, 0.1) is 11.0 Å². The standard InChI is InChI=1S/C24H21NO3/c1-16-18(12-11-17-7-3-2-4-8-17)13-14-20-23(16)25(15-22(26)27)21-10-6-5-9-19(21)24(20)28/h2-10,13-14H,11-12,15H2,1H3,(H,26,27). The first-order valence-electron chi connectivity index (χ1n) is 9.35. The van der Waals surface area contributed by atoms with Gasteiger partial charge in [-0.3, -0.25) is 9.59 Å². The summed E-state index contributed by atoms with van der Waals surface area (Å²) < 4.78 is 1.76. The molecule has 140 valence electrons. The second-order valence-corrected chi connectivity index (χ2v) is 7.06. The molecule has 0 saturated carbocycles. The zero-order valence-corrected chi connectivity index (χ0v) is 15.7. The van der Waals surface area contributed by atoms with Crippen LogP contribution < -0.4 is 5.43 Å². The molecule has 1 heterocycles. The summed E-state index contributed by atoms with van der Waals surface area (Å²) in [5, 5.41) is 10.6. The van der Waals surface area contributed by atoms with Crippen molar-refractivity contribution in [2.24, 2.45) is 0 Å². The highest BCUT2D eigenvalue weighted by Gasteiger charge is 2.16. The molecule has 0 aliphatic carbocycles. The SMILES string of the molecule is Cc1c(CCc2ccccc2)ccc2c(=O)c3ccccc3n(CC(=O)O)c12. The highest BCUT2D eigenvalue weighted by atomic mass is 16.4. The van der Waals surface area contributed by atoms with Crippen LogP contribution in [0.15, 0.2) is 71.5 Å². The zero-order valence-electron chi connectivity index (χ0n) is 15.7. The lowest BCUT2D eigenvalue weighted by molar-refractivity contribution is -0.137. The predicted octanol–water partition coefficient (Wildman–Crippen LogP) is 4.33. The van der Waals surface area contributed by atoms with E-state index in [1.807, 2.05) is 55.5 Å². The summed E-state index contributed by atoms with van der Waals surface area (Å²) in [6.45, 7) is 1.80. The van der Waals surface area contributed by atoms with Crippen LogP contribution in [-0.4, -0.2) is 15.6 Å². The molecule has 3 aromatic carbocycles. The number of pyridine rings is 1. The molecule has 0 atom stereocenters. The van der Waals surface area contributed by atoms with E-state index in [1.165, 1.54) is 5.56 Å². The fourth-order valence-electron chi connectivity index (χ4n) is 3.93. The molecule has 4 heteroatoms. The minimum absolute atomic E-state index is 0.0510. The van der Waals surface area contributed by atoms with Gasteiger partial charge in [-0.2, -0.15) is 0 Å². The Morgan fingerprint density at radius 3 is 2.36 bits per heavy atom. The third-order valence-corrected chi connectivity index (χ3v) is 5.32. The third-order valence-electron chi connectivity index (χ3n) is 5.32. The van der Waals surface area contributed by atoms with E-state index in [1.54, 1.807) is 10.6 Å². The van der Waals surface area contributed by atoms with Crippen molar-refractivity contribution >= 4 is 27.8 Å². The number of hydrogen-bond donors (Lipinski definition) is 1. The molecule has 4 nitrogen and oxygen atoms in total. The Kier molecular flexibility index (Phi) is 4.70. The number of aryl methyl sites for hydroxylation is 3. The van der Waals surface area contributed by atoms with Crippen molar-refractivity contribution in [3.63, 3.8) is 0 Å². The summed E-state index contributed by atoms with van der Waals surface area (Å²) in [5.41, 5.74) is 4.68. The molecule has 4 aromatic rings.